The molecule has 3 aromatic rings. The number of hydrogen-bond donors (Lipinski definition) is 2. The van der Waals surface area contributed by atoms with Crippen molar-refractivity contribution in [3.63, 3.8) is 0 Å². The van der Waals surface area contributed by atoms with Crippen LogP contribution in [-0.2, 0) is 4.74 Å². The number of pyridine rings is 1. The fourth-order valence-electron chi connectivity index (χ4n) is 2.07. The summed E-state index contributed by atoms with van der Waals surface area (Å²) in [5.41, 5.74) is 6.52. The lowest BCUT2D eigenvalue weighted by Crippen LogP contribution is -2.16. The van der Waals surface area contributed by atoms with Crippen LogP contribution in [-0.4, -0.2) is 27.3 Å². The first-order chi connectivity index (χ1) is 12.0. The minimum Gasteiger partial charge on any atom is -0.450 e. The maximum Gasteiger partial charge on any atom is 0.414 e. The molecule has 2 aromatic heterocycles. The maximum absolute atomic E-state index is 13.5. The molecule has 3 N–H and O–H groups in total. The summed E-state index contributed by atoms with van der Waals surface area (Å²) in [6.45, 7) is 1.85. The summed E-state index contributed by atoms with van der Waals surface area (Å²) in [6, 6.07) is 6.79. The minimum absolute atomic E-state index is 0.0308. The lowest BCUT2D eigenvalue weighted by Gasteiger charge is -2.13. The standard InChI is InChI=1S/C15H13ClFN5O3/c1-2-24-15(23)19-14-21-20-12-6-5-10(18)13(22(12)14)25-11-7-8(17)3-4-9(11)16/h3-7H,2,18H2,1H3,(H,19,21,23). The first-order valence-electron chi connectivity index (χ1n) is 7.20. The normalized spacial score (nSPS) is 10.7. The van der Waals surface area contributed by atoms with Gasteiger partial charge in [0.05, 0.1) is 17.3 Å². The number of hydrogen-bond acceptors (Lipinski definition) is 6. The third-order valence-electron chi connectivity index (χ3n) is 3.14. The van der Waals surface area contributed by atoms with Gasteiger partial charge in [0.1, 0.15) is 5.82 Å². The van der Waals surface area contributed by atoms with Crippen molar-refractivity contribution in [2.24, 2.45) is 0 Å². The van der Waals surface area contributed by atoms with Crippen molar-refractivity contribution in [1.29, 1.82) is 0 Å². The number of halogens is 2. The number of nitrogens with zero attached hydrogens (tertiary/aromatic N) is 3. The second kappa shape index (κ2) is 6.81. The Morgan fingerprint density at radius 3 is 2.92 bits per heavy atom. The quantitative estimate of drug-likeness (QED) is 0.733. The van der Waals surface area contributed by atoms with Crippen molar-refractivity contribution in [2.45, 2.75) is 6.92 Å². The van der Waals surface area contributed by atoms with Gasteiger partial charge in [-0.25, -0.2) is 13.6 Å². The van der Waals surface area contributed by atoms with Gasteiger partial charge in [0.2, 0.25) is 11.8 Å². The van der Waals surface area contributed by atoms with Crippen molar-refractivity contribution in [3.05, 3.63) is 41.2 Å². The Balaban J connectivity index is 2.07. The number of nitrogen functional groups attached to an aromatic ring is 1. The summed E-state index contributed by atoms with van der Waals surface area (Å²) in [5.74, 6) is -0.375. The molecule has 0 spiro atoms. The highest BCUT2D eigenvalue weighted by Crippen LogP contribution is 2.34. The molecule has 25 heavy (non-hydrogen) atoms. The van der Waals surface area contributed by atoms with Crippen LogP contribution in [0, 0.1) is 5.82 Å². The third kappa shape index (κ3) is 3.41. The molecule has 0 unspecified atom stereocenters. The molecular formula is C15H13ClFN5O3. The Kier molecular flexibility index (Phi) is 4.57. The SMILES string of the molecule is CCOC(=O)Nc1nnc2ccc(N)c(Oc3cc(F)ccc3Cl)n12. The zero-order valence-corrected chi connectivity index (χ0v) is 13.7. The van der Waals surface area contributed by atoms with Crippen molar-refractivity contribution < 1.29 is 18.7 Å². The van der Waals surface area contributed by atoms with E-state index in [1.54, 1.807) is 19.1 Å². The van der Waals surface area contributed by atoms with Crippen molar-refractivity contribution >= 4 is 35.0 Å². The van der Waals surface area contributed by atoms with Crippen LogP contribution in [0.3, 0.4) is 0 Å². The van der Waals surface area contributed by atoms with Crippen LogP contribution in [0.15, 0.2) is 30.3 Å². The zero-order valence-electron chi connectivity index (χ0n) is 13.0. The Bertz CT molecular complexity index is 946. The molecule has 0 aliphatic rings. The first-order valence-corrected chi connectivity index (χ1v) is 7.57. The summed E-state index contributed by atoms with van der Waals surface area (Å²) in [4.78, 5) is 11.7. The maximum atomic E-state index is 13.5. The van der Waals surface area contributed by atoms with E-state index in [9.17, 15) is 9.18 Å². The molecular weight excluding hydrogens is 353 g/mol. The molecule has 10 heteroatoms. The van der Waals surface area contributed by atoms with E-state index in [1.165, 1.54) is 16.5 Å². The highest BCUT2D eigenvalue weighted by atomic mass is 35.5. The minimum atomic E-state index is -0.714. The topological polar surface area (TPSA) is 104 Å². The number of nitrogens with two attached hydrogens (primary N) is 1. The van der Waals surface area contributed by atoms with E-state index < -0.39 is 11.9 Å². The number of amides is 1. The van der Waals surface area contributed by atoms with Crippen molar-refractivity contribution in [2.75, 3.05) is 17.7 Å². The first kappa shape index (κ1) is 16.8. The van der Waals surface area contributed by atoms with Gasteiger partial charge in [0.25, 0.3) is 0 Å². The van der Waals surface area contributed by atoms with E-state index in [0.29, 0.717) is 5.65 Å². The van der Waals surface area contributed by atoms with Crippen LogP contribution in [0.25, 0.3) is 5.65 Å². The smallest absolute Gasteiger partial charge is 0.414 e. The highest BCUT2D eigenvalue weighted by Gasteiger charge is 2.18. The highest BCUT2D eigenvalue weighted by molar-refractivity contribution is 6.32. The van der Waals surface area contributed by atoms with Gasteiger partial charge in [-0.05, 0) is 31.2 Å². The van der Waals surface area contributed by atoms with Gasteiger partial charge < -0.3 is 15.2 Å². The van der Waals surface area contributed by atoms with Crippen LogP contribution in [0.1, 0.15) is 6.92 Å². The molecule has 3 rings (SSSR count). The molecule has 0 fully saturated rings. The number of ether oxygens (including phenoxy) is 2. The molecule has 0 atom stereocenters. The molecule has 0 aliphatic heterocycles. The van der Waals surface area contributed by atoms with E-state index in [4.69, 9.17) is 26.8 Å². The number of anilines is 2. The molecule has 0 aliphatic carbocycles. The van der Waals surface area contributed by atoms with Gasteiger partial charge in [-0.15, -0.1) is 10.2 Å². The van der Waals surface area contributed by atoms with E-state index >= 15 is 0 Å². The Labute approximate surface area is 146 Å². The van der Waals surface area contributed by atoms with E-state index in [0.717, 1.165) is 6.07 Å². The number of nitrogens with one attached hydrogen (secondary N) is 1. The summed E-state index contributed by atoms with van der Waals surface area (Å²) in [7, 11) is 0. The molecule has 8 nitrogen and oxygen atoms in total. The lowest BCUT2D eigenvalue weighted by atomic mass is 10.3. The molecule has 0 bridgehead atoms. The fraction of sp³-hybridized carbons (Fsp3) is 0.133. The molecule has 2 heterocycles. The Morgan fingerprint density at radius 2 is 2.16 bits per heavy atom. The number of aromatic nitrogens is 3. The molecule has 0 saturated heterocycles. The molecule has 0 radical (unpaired) electrons. The van der Waals surface area contributed by atoms with E-state index in [-0.39, 0.29) is 34.9 Å². The van der Waals surface area contributed by atoms with Gasteiger partial charge in [-0.3, -0.25) is 5.32 Å². The Hall–Kier alpha value is -3.07. The van der Waals surface area contributed by atoms with E-state index in [2.05, 4.69) is 15.5 Å². The van der Waals surface area contributed by atoms with Crippen LogP contribution >= 0.6 is 11.6 Å². The second-order valence-electron chi connectivity index (χ2n) is 4.83. The van der Waals surface area contributed by atoms with Crippen LogP contribution in [0.5, 0.6) is 11.6 Å². The predicted octanol–water partition coefficient (Wildman–Crippen LogP) is 3.46. The molecule has 1 amide bonds. The Morgan fingerprint density at radius 1 is 1.36 bits per heavy atom. The van der Waals surface area contributed by atoms with Crippen molar-refractivity contribution in [1.82, 2.24) is 14.6 Å². The molecule has 1 aromatic carbocycles. The lowest BCUT2D eigenvalue weighted by molar-refractivity contribution is 0.167. The number of carbonyl (C=O) groups excluding carboxylic acids is 1. The average molecular weight is 366 g/mol. The van der Waals surface area contributed by atoms with Gasteiger partial charge in [0.15, 0.2) is 11.4 Å². The van der Waals surface area contributed by atoms with Crippen molar-refractivity contribution in [3.8, 4) is 11.6 Å². The number of carbonyl (C=O) groups is 1. The summed E-state index contributed by atoms with van der Waals surface area (Å²) >= 11 is 6.03. The van der Waals surface area contributed by atoms with E-state index in [1.807, 2.05) is 0 Å². The predicted molar refractivity (Wildman–Crippen MR) is 89.5 cm³/mol. The van der Waals surface area contributed by atoms with Gasteiger partial charge in [-0.1, -0.05) is 11.6 Å². The fourth-order valence-corrected chi connectivity index (χ4v) is 2.23. The average Bonchev–Trinajstić information content (AvgIpc) is 2.96. The number of rotatable bonds is 4. The summed E-state index contributed by atoms with van der Waals surface area (Å²) in [6.07, 6.45) is -0.714. The molecule has 130 valence electrons. The van der Waals surface area contributed by atoms with Crippen LogP contribution in [0.2, 0.25) is 5.02 Å². The summed E-state index contributed by atoms with van der Waals surface area (Å²) in [5, 5.41) is 10.4. The van der Waals surface area contributed by atoms with Gasteiger partial charge >= 0.3 is 6.09 Å². The number of benzene rings is 1. The van der Waals surface area contributed by atoms with Gasteiger partial charge in [0, 0.05) is 6.07 Å². The summed E-state index contributed by atoms with van der Waals surface area (Å²) < 4.78 is 25.3. The van der Waals surface area contributed by atoms with Crippen LogP contribution in [0.4, 0.5) is 20.8 Å². The monoisotopic (exact) mass is 365 g/mol. The second-order valence-corrected chi connectivity index (χ2v) is 5.24. The van der Waals surface area contributed by atoms with Gasteiger partial charge in [-0.2, -0.15) is 0 Å². The zero-order chi connectivity index (χ0) is 18.0. The molecule has 0 saturated carbocycles. The largest absolute Gasteiger partial charge is 0.450 e. The number of fused-ring (bicyclic) bond motifs is 1. The third-order valence-corrected chi connectivity index (χ3v) is 3.45. The van der Waals surface area contributed by atoms with Crippen LogP contribution < -0.4 is 15.8 Å².